The first-order chi connectivity index (χ1) is 9.47. The van der Waals surface area contributed by atoms with E-state index in [1.165, 1.54) is 0 Å². The van der Waals surface area contributed by atoms with Gasteiger partial charge in [-0.15, -0.1) is 0 Å². The molecule has 0 amide bonds. The highest BCUT2D eigenvalue weighted by Gasteiger charge is 2.15. The topological polar surface area (TPSA) is 42.4 Å². The van der Waals surface area contributed by atoms with Gasteiger partial charge in [0.2, 0.25) is 0 Å². The SMILES string of the molecule is CC(C)Oc1cncc(C(O)c2ccc(Cl)cc2Cl)c1. The Morgan fingerprint density at radius 1 is 1.15 bits per heavy atom. The summed E-state index contributed by atoms with van der Waals surface area (Å²) in [5.41, 5.74) is 1.20. The Kier molecular flexibility index (Phi) is 4.86. The summed E-state index contributed by atoms with van der Waals surface area (Å²) in [7, 11) is 0. The largest absolute Gasteiger partial charge is 0.489 e. The summed E-state index contributed by atoms with van der Waals surface area (Å²) < 4.78 is 5.56. The Hall–Kier alpha value is -1.29. The Bertz CT molecular complexity index is 602. The molecule has 0 spiro atoms. The van der Waals surface area contributed by atoms with Gasteiger partial charge in [0, 0.05) is 27.4 Å². The van der Waals surface area contributed by atoms with E-state index < -0.39 is 6.10 Å². The van der Waals surface area contributed by atoms with Crippen molar-refractivity contribution in [2.24, 2.45) is 0 Å². The summed E-state index contributed by atoms with van der Waals surface area (Å²) in [5.74, 6) is 0.613. The highest BCUT2D eigenvalue weighted by Crippen LogP contribution is 2.31. The van der Waals surface area contributed by atoms with Crippen molar-refractivity contribution < 1.29 is 9.84 Å². The van der Waals surface area contributed by atoms with Crippen molar-refractivity contribution in [1.82, 2.24) is 4.98 Å². The lowest BCUT2D eigenvalue weighted by Gasteiger charge is -2.15. The maximum absolute atomic E-state index is 10.4. The second-order valence-electron chi connectivity index (χ2n) is 4.69. The first kappa shape index (κ1) is 15.1. The minimum absolute atomic E-state index is 0.0447. The van der Waals surface area contributed by atoms with Crippen molar-refractivity contribution in [1.29, 1.82) is 0 Å². The molecule has 1 N–H and O–H groups in total. The van der Waals surface area contributed by atoms with Crippen molar-refractivity contribution in [3.63, 3.8) is 0 Å². The van der Waals surface area contributed by atoms with E-state index in [0.717, 1.165) is 0 Å². The molecule has 0 aliphatic heterocycles. The molecule has 0 fully saturated rings. The van der Waals surface area contributed by atoms with Gasteiger partial charge in [0.1, 0.15) is 11.9 Å². The van der Waals surface area contributed by atoms with Gasteiger partial charge in [0.25, 0.3) is 0 Å². The lowest BCUT2D eigenvalue weighted by Crippen LogP contribution is -2.07. The van der Waals surface area contributed by atoms with Crippen molar-refractivity contribution in [3.05, 3.63) is 57.8 Å². The normalized spacial score (nSPS) is 12.5. The van der Waals surface area contributed by atoms with E-state index >= 15 is 0 Å². The standard InChI is InChI=1S/C15H15Cl2NO2/c1-9(2)20-12-5-10(7-18-8-12)15(19)13-4-3-11(16)6-14(13)17/h3-9,15,19H,1-2H3. The number of aromatic nitrogens is 1. The Labute approximate surface area is 128 Å². The number of nitrogens with zero attached hydrogens (tertiary/aromatic N) is 1. The van der Waals surface area contributed by atoms with Crippen molar-refractivity contribution in [2.75, 3.05) is 0 Å². The van der Waals surface area contributed by atoms with E-state index in [1.807, 2.05) is 13.8 Å². The van der Waals surface area contributed by atoms with Crippen LogP contribution in [0.2, 0.25) is 10.0 Å². The molecular formula is C15H15Cl2NO2. The van der Waals surface area contributed by atoms with Gasteiger partial charge in [-0.2, -0.15) is 0 Å². The van der Waals surface area contributed by atoms with Gasteiger partial charge >= 0.3 is 0 Å². The fraction of sp³-hybridized carbons (Fsp3) is 0.267. The Morgan fingerprint density at radius 3 is 2.55 bits per heavy atom. The number of halogens is 2. The van der Waals surface area contributed by atoms with Crippen LogP contribution in [-0.4, -0.2) is 16.2 Å². The molecule has 3 nitrogen and oxygen atoms in total. The van der Waals surface area contributed by atoms with Crippen LogP contribution in [0.15, 0.2) is 36.7 Å². The first-order valence-electron chi connectivity index (χ1n) is 6.22. The zero-order valence-electron chi connectivity index (χ0n) is 11.2. The number of pyridine rings is 1. The third-order valence-corrected chi connectivity index (χ3v) is 3.24. The van der Waals surface area contributed by atoms with E-state index in [0.29, 0.717) is 26.9 Å². The van der Waals surface area contributed by atoms with Crippen molar-refractivity contribution >= 4 is 23.2 Å². The Morgan fingerprint density at radius 2 is 1.90 bits per heavy atom. The minimum atomic E-state index is -0.872. The van der Waals surface area contributed by atoms with Crippen LogP contribution in [0.1, 0.15) is 31.1 Å². The molecule has 1 heterocycles. The minimum Gasteiger partial charge on any atom is -0.489 e. The third-order valence-electron chi connectivity index (χ3n) is 2.68. The number of rotatable bonds is 4. The molecule has 0 saturated carbocycles. The first-order valence-corrected chi connectivity index (χ1v) is 6.97. The molecule has 1 aromatic carbocycles. The second kappa shape index (κ2) is 6.44. The monoisotopic (exact) mass is 311 g/mol. The molecule has 5 heteroatoms. The van der Waals surface area contributed by atoms with Crippen LogP contribution in [-0.2, 0) is 0 Å². The molecule has 106 valence electrons. The van der Waals surface area contributed by atoms with E-state index in [9.17, 15) is 5.11 Å². The predicted molar refractivity (Wildman–Crippen MR) is 80.5 cm³/mol. The fourth-order valence-corrected chi connectivity index (χ4v) is 2.34. The highest BCUT2D eigenvalue weighted by atomic mass is 35.5. The predicted octanol–water partition coefficient (Wildman–Crippen LogP) is 4.26. The van der Waals surface area contributed by atoms with Gasteiger partial charge in [-0.3, -0.25) is 4.98 Å². The number of hydrogen-bond acceptors (Lipinski definition) is 3. The average molecular weight is 312 g/mol. The Balaban J connectivity index is 2.30. The van der Waals surface area contributed by atoms with Crippen molar-refractivity contribution in [3.8, 4) is 5.75 Å². The number of benzene rings is 1. The lowest BCUT2D eigenvalue weighted by atomic mass is 10.0. The molecule has 0 aliphatic carbocycles. The van der Waals surface area contributed by atoms with E-state index in [4.69, 9.17) is 27.9 Å². The van der Waals surface area contributed by atoms with Crippen molar-refractivity contribution in [2.45, 2.75) is 26.1 Å². The average Bonchev–Trinajstić information content (AvgIpc) is 2.37. The number of aliphatic hydroxyl groups is 1. The molecule has 20 heavy (non-hydrogen) atoms. The van der Waals surface area contributed by atoms with Gasteiger partial charge < -0.3 is 9.84 Å². The molecule has 0 bridgehead atoms. The van der Waals surface area contributed by atoms with Crippen LogP contribution in [0.5, 0.6) is 5.75 Å². The van der Waals surface area contributed by atoms with E-state index in [1.54, 1.807) is 36.7 Å². The summed E-state index contributed by atoms with van der Waals surface area (Å²) >= 11 is 12.0. The van der Waals surface area contributed by atoms with E-state index in [2.05, 4.69) is 4.98 Å². The summed E-state index contributed by atoms with van der Waals surface area (Å²) in [4.78, 5) is 4.08. The molecule has 2 rings (SSSR count). The van der Waals surface area contributed by atoms with Gasteiger partial charge in [-0.1, -0.05) is 29.3 Å². The molecule has 0 aliphatic rings. The molecule has 1 unspecified atom stereocenters. The van der Waals surface area contributed by atoms with Gasteiger partial charge in [-0.25, -0.2) is 0 Å². The molecule has 2 aromatic rings. The quantitative estimate of drug-likeness (QED) is 0.917. The van der Waals surface area contributed by atoms with Gasteiger partial charge in [0.15, 0.2) is 0 Å². The fourth-order valence-electron chi connectivity index (χ4n) is 1.82. The molecule has 1 aromatic heterocycles. The van der Waals surface area contributed by atoms with Crippen LogP contribution < -0.4 is 4.74 Å². The van der Waals surface area contributed by atoms with E-state index in [-0.39, 0.29) is 6.10 Å². The highest BCUT2D eigenvalue weighted by molar-refractivity contribution is 6.35. The number of ether oxygens (including phenoxy) is 1. The van der Waals surface area contributed by atoms with Gasteiger partial charge in [-0.05, 0) is 32.0 Å². The maximum Gasteiger partial charge on any atom is 0.138 e. The zero-order chi connectivity index (χ0) is 14.7. The van der Waals surface area contributed by atoms with Crippen LogP contribution in [0.3, 0.4) is 0 Å². The smallest absolute Gasteiger partial charge is 0.138 e. The number of aliphatic hydroxyl groups excluding tert-OH is 1. The van der Waals surface area contributed by atoms with Gasteiger partial charge in [0.05, 0.1) is 12.3 Å². The van der Waals surface area contributed by atoms with Crippen LogP contribution in [0, 0.1) is 0 Å². The molecular weight excluding hydrogens is 297 g/mol. The third kappa shape index (κ3) is 3.63. The van der Waals surface area contributed by atoms with Crippen LogP contribution >= 0.6 is 23.2 Å². The molecule has 1 atom stereocenters. The zero-order valence-corrected chi connectivity index (χ0v) is 12.7. The molecule has 0 radical (unpaired) electrons. The van der Waals surface area contributed by atoms with Crippen LogP contribution in [0.4, 0.5) is 0 Å². The summed E-state index contributed by atoms with van der Waals surface area (Å²) in [6, 6.07) is 6.74. The second-order valence-corrected chi connectivity index (χ2v) is 5.53. The summed E-state index contributed by atoms with van der Waals surface area (Å²) in [6.07, 6.45) is 2.37. The summed E-state index contributed by atoms with van der Waals surface area (Å²) in [6.45, 7) is 3.86. The molecule has 0 saturated heterocycles. The van der Waals surface area contributed by atoms with Crippen LogP contribution in [0.25, 0.3) is 0 Å². The number of hydrogen-bond donors (Lipinski definition) is 1. The summed E-state index contributed by atoms with van der Waals surface area (Å²) in [5, 5.41) is 11.3. The maximum atomic E-state index is 10.4. The lowest BCUT2D eigenvalue weighted by molar-refractivity contribution is 0.215.